The summed E-state index contributed by atoms with van der Waals surface area (Å²) in [5.74, 6) is 1.57. The minimum Gasteiger partial charge on any atom is -0.393 e. The molecule has 1 aromatic rings. The van der Waals surface area contributed by atoms with Crippen LogP contribution < -0.4 is 5.32 Å². The van der Waals surface area contributed by atoms with E-state index < -0.39 is 0 Å². The van der Waals surface area contributed by atoms with E-state index in [4.69, 9.17) is 0 Å². The molecule has 2 heterocycles. The number of carbonyl (C=O) groups is 1. The van der Waals surface area contributed by atoms with Gasteiger partial charge in [-0.15, -0.1) is 0 Å². The highest BCUT2D eigenvalue weighted by molar-refractivity contribution is 5.94. The SMILES string of the molecule is CCNc1ccc(C(=O)N2CC3CCC(O)C3C2)cn1. The molecule has 1 aliphatic heterocycles. The van der Waals surface area contributed by atoms with E-state index in [9.17, 15) is 9.90 Å². The Morgan fingerprint density at radius 3 is 2.95 bits per heavy atom. The number of hydrogen-bond donors (Lipinski definition) is 2. The first-order valence-electron chi connectivity index (χ1n) is 7.36. The van der Waals surface area contributed by atoms with Crippen molar-refractivity contribution in [2.75, 3.05) is 25.0 Å². The topological polar surface area (TPSA) is 65.5 Å². The van der Waals surface area contributed by atoms with Crippen LogP contribution in [0.5, 0.6) is 0 Å². The number of carbonyl (C=O) groups excluding carboxylic acids is 1. The Morgan fingerprint density at radius 2 is 2.30 bits per heavy atom. The summed E-state index contributed by atoms with van der Waals surface area (Å²) < 4.78 is 0. The number of hydrogen-bond acceptors (Lipinski definition) is 4. The molecule has 0 radical (unpaired) electrons. The van der Waals surface area contributed by atoms with Crippen molar-refractivity contribution in [3.05, 3.63) is 23.9 Å². The first-order valence-corrected chi connectivity index (χ1v) is 7.36. The van der Waals surface area contributed by atoms with Crippen LogP contribution in [0.4, 0.5) is 5.82 Å². The highest BCUT2D eigenvalue weighted by Crippen LogP contribution is 2.38. The van der Waals surface area contributed by atoms with Gasteiger partial charge in [-0.05, 0) is 37.8 Å². The average Bonchev–Trinajstić information content (AvgIpc) is 3.02. The summed E-state index contributed by atoms with van der Waals surface area (Å²) >= 11 is 0. The minimum atomic E-state index is -0.230. The molecule has 3 atom stereocenters. The molecule has 3 rings (SSSR count). The lowest BCUT2D eigenvalue weighted by molar-refractivity contribution is 0.0752. The van der Waals surface area contributed by atoms with Crippen molar-refractivity contribution >= 4 is 11.7 Å². The second kappa shape index (κ2) is 5.40. The lowest BCUT2D eigenvalue weighted by Crippen LogP contribution is -2.31. The molecule has 20 heavy (non-hydrogen) atoms. The summed E-state index contributed by atoms with van der Waals surface area (Å²) in [7, 11) is 0. The normalized spacial score (nSPS) is 28.5. The van der Waals surface area contributed by atoms with Gasteiger partial charge in [0, 0.05) is 31.7 Å². The maximum absolute atomic E-state index is 12.4. The highest BCUT2D eigenvalue weighted by Gasteiger charge is 2.43. The van der Waals surface area contributed by atoms with Gasteiger partial charge in [-0.2, -0.15) is 0 Å². The number of nitrogens with zero attached hydrogens (tertiary/aromatic N) is 2. The van der Waals surface area contributed by atoms with Crippen molar-refractivity contribution in [3.8, 4) is 0 Å². The van der Waals surface area contributed by atoms with Gasteiger partial charge >= 0.3 is 0 Å². The molecular formula is C15H21N3O2. The van der Waals surface area contributed by atoms with Crippen molar-refractivity contribution in [1.82, 2.24) is 9.88 Å². The largest absolute Gasteiger partial charge is 0.393 e. The Balaban J connectivity index is 1.67. The van der Waals surface area contributed by atoms with E-state index in [1.54, 1.807) is 6.20 Å². The smallest absolute Gasteiger partial charge is 0.255 e. The molecule has 2 fully saturated rings. The second-order valence-electron chi connectivity index (χ2n) is 5.74. The predicted octanol–water partition coefficient (Wildman–Crippen LogP) is 1.36. The lowest BCUT2D eigenvalue weighted by atomic mass is 10.00. The van der Waals surface area contributed by atoms with Gasteiger partial charge in [-0.3, -0.25) is 4.79 Å². The van der Waals surface area contributed by atoms with E-state index in [-0.39, 0.29) is 17.9 Å². The van der Waals surface area contributed by atoms with Crippen molar-refractivity contribution < 1.29 is 9.90 Å². The third kappa shape index (κ3) is 2.38. The van der Waals surface area contributed by atoms with Crippen LogP contribution in [0, 0.1) is 11.8 Å². The number of aliphatic hydroxyl groups is 1. The Morgan fingerprint density at radius 1 is 1.45 bits per heavy atom. The van der Waals surface area contributed by atoms with Crippen molar-refractivity contribution in [2.45, 2.75) is 25.9 Å². The number of nitrogens with one attached hydrogen (secondary N) is 1. The average molecular weight is 275 g/mol. The Bertz CT molecular complexity index is 488. The molecule has 1 aromatic heterocycles. The van der Waals surface area contributed by atoms with Crippen LogP contribution >= 0.6 is 0 Å². The number of anilines is 1. The summed E-state index contributed by atoms with van der Waals surface area (Å²) in [6, 6.07) is 3.65. The van der Waals surface area contributed by atoms with Crippen molar-refractivity contribution in [3.63, 3.8) is 0 Å². The summed E-state index contributed by atoms with van der Waals surface area (Å²) in [6.45, 7) is 4.28. The molecule has 1 aliphatic carbocycles. The van der Waals surface area contributed by atoms with Gasteiger partial charge in [-0.1, -0.05) is 0 Å². The number of fused-ring (bicyclic) bond motifs is 1. The van der Waals surface area contributed by atoms with E-state index in [0.29, 0.717) is 18.0 Å². The van der Waals surface area contributed by atoms with E-state index in [2.05, 4.69) is 10.3 Å². The van der Waals surface area contributed by atoms with Crippen molar-refractivity contribution in [2.24, 2.45) is 11.8 Å². The number of aliphatic hydroxyl groups excluding tert-OH is 1. The quantitative estimate of drug-likeness (QED) is 0.874. The summed E-state index contributed by atoms with van der Waals surface area (Å²) in [6.07, 6.45) is 3.32. The van der Waals surface area contributed by atoms with E-state index >= 15 is 0 Å². The van der Waals surface area contributed by atoms with Gasteiger partial charge in [0.1, 0.15) is 5.82 Å². The molecule has 3 unspecified atom stereocenters. The zero-order chi connectivity index (χ0) is 14.1. The van der Waals surface area contributed by atoms with Crippen molar-refractivity contribution in [1.29, 1.82) is 0 Å². The van der Waals surface area contributed by atoms with Gasteiger partial charge in [0.25, 0.3) is 5.91 Å². The van der Waals surface area contributed by atoms with Gasteiger partial charge in [-0.25, -0.2) is 4.98 Å². The van der Waals surface area contributed by atoms with Crippen LogP contribution in [-0.4, -0.2) is 46.6 Å². The fourth-order valence-electron chi connectivity index (χ4n) is 3.39. The van der Waals surface area contributed by atoms with Crippen LogP contribution in [0.25, 0.3) is 0 Å². The molecule has 5 heteroatoms. The standard InChI is InChI=1S/C15H21N3O2/c1-2-16-14-6-4-10(7-17-14)15(20)18-8-11-3-5-13(19)12(11)9-18/h4,6-7,11-13,19H,2-3,5,8-9H2,1H3,(H,16,17). The first-order chi connectivity index (χ1) is 9.69. The van der Waals surface area contributed by atoms with Crippen LogP contribution in [0.2, 0.25) is 0 Å². The fraction of sp³-hybridized carbons (Fsp3) is 0.600. The second-order valence-corrected chi connectivity index (χ2v) is 5.74. The number of rotatable bonds is 3. The molecular weight excluding hydrogens is 254 g/mol. The maximum Gasteiger partial charge on any atom is 0.255 e. The van der Waals surface area contributed by atoms with E-state index in [1.165, 1.54) is 0 Å². The Hall–Kier alpha value is -1.62. The third-order valence-corrected chi connectivity index (χ3v) is 4.47. The van der Waals surface area contributed by atoms with Gasteiger partial charge in [0.15, 0.2) is 0 Å². The zero-order valence-electron chi connectivity index (χ0n) is 11.7. The summed E-state index contributed by atoms with van der Waals surface area (Å²) in [5.41, 5.74) is 0.626. The Labute approximate surface area is 119 Å². The lowest BCUT2D eigenvalue weighted by Gasteiger charge is -2.18. The summed E-state index contributed by atoms with van der Waals surface area (Å²) in [4.78, 5) is 18.5. The minimum absolute atomic E-state index is 0.0298. The molecule has 2 aliphatic rings. The Kier molecular flexibility index (Phi) is 3.61. The van der Waals surface area contributed by atoms with E-state index in [0.717, 1.165) is 31.7 Å². The zero-order valence-corrected chi connectivity index (χ0v) is 11.7. The molecule has 0 spiro atoms. The van der Waals surface area contributed by atoms with Crippen LogP contribution in [0.15, 0.2) is 18.3 Å². The molecule has 2 N–H and O–H groups in total. The van der Waals surface area contributed by atoms with Gasteiger partial charge < -0.3 is 15.3 Å². The van der Waals surface area contributed by atoms with Crippen LogP contribution in [0.3, 0.4) is 0 Å². The maximum atomic E-state index is 12.4. The number of aromatic nitrogens is 1. The highest BCUT2D eigenvalue weighted by atomic mass is 16.3. The van der Waals surface area contributed by atoms with Gasteiger partial charge in [0.05, 0.1) is 11.7 Å². The molecule has 1 saturated carbocycles. The first kappa shape index (κ1) is 13.4. The monoisotopic (exact) mass is 275 g/mol. The van der Waals surface area contributed by atoms with E-state index in [1.807, 2.05) is 24.0 Å². The van der Waals surface area contributed by atoms with Crippen LogP contribution in [0.1, 0.15) is 30.1 Å². The number of pyridine rings is 1. The molecule has 0 bridgehead atoms. The molecule has 0 aromatic carbocycles. The van der Waals surface area contributed by atoms with Crippen LogP contribution in [-0.2, 0) is 0 Å². The fourth-order valence-corrected chi connectivity index (χ4v) is 3.39. The molecule has 1 saturated heterocycles. The summed E-state index contributed by atoms with van der Waals surface area (Å²) in [5, 5.41) is 13.0. The van der Waals surface area contributed by atoms with Gasteiger partial charge in [0.2, 0.25) is 0 Å². The third-order valence-electron chi connectivity index (χ3n) is 4.47. The number of amides is 1. The predicted molar refractivity (Wildman–Crippen MR) is 76.5 cm³/mol. The molecule has 108 valence electrons. The molecule has 5 nitrogen and oxygen atoms in total. The molecule has 1 amide bonds. The number of likely N-dealkylation sites (tertiary alicyclic amines) is 1.